The van der Waals surface area contributed by atoms with Crippen molar-refractivity contribution in [2.45, 2.75) is 52.4 Å². The van der Waals surface area contributed by atoms with Gasteiger partial charge in [0.1, 0.15) is 0 Å². The Kier molecular flexibility index (Phi) is 8.27. The lowest BCUT2D eigenvalue weighted by molar-refractivity contribution is 0.146. The maximum Gasteiger partial charge on any atom is 0.425 e. The second-order valence-electron chi connectivity index (χ2n) is 5.02. The molecule has 0 unspecified atom stereocenters. The Morgan fingerprint density at radius 2 is 1.70 bits per heavy atom. The number of nitrogens with one attached hydrogen (secondary N) is 2. The number of unbranched alkanes of at least 4 members (excludes halogenated alkanes) is 5. The summed E-state index contributed by atoms with van der Waals surface area (Å²) >= 11 is 0. The second kappa shape index (κ2) is 10.1. The molecule has 1 aromatic rings. The molecule has 0 aliphatic heterocycles. The summed E-state index contributed by atoms with van der Waals surface area (Å²) in [6, 6.07) is 7.77. The molecule has 1 rings (SSSR count). The molecule has 1 aromatic carbocycles. The summed E-state index contributed by atoms with van der Waals surface area (Å²) in [5.41, 5.74) is 7.36. The predicted molar refractivity (Wildman–Crippen MR) is 82.7 cm³/mol. The highest BCUT2D eigenvalue weighted by molar-refractivity contribution is 5.69. The van der Waals surface area contributed by atoms with Gasteiger partial charge in [-0.15, -0.1) is 0 Å². The molecule has 20 heavy (non-hydrogen) atoms. The number of rotatable bonds is 9. The van der Waals surface area contributed by atoms with E-state index >= 15 is 0 Å². The maximum atomic E-state index is 11.4. The molecule has 0 saturated carbocycles. The fraction of sp³-hybridized carbons (Fsp3) is 0.562. The molecule has 0 atom stereocenters. The Balaban J connectivity index is 2.01. The van der Waals surface area contributed by atoms with Crippen LogP contribution in [0.1, 0.15) is 51.0 Å². The summed E-state index contributed by atoms with van der Waals surface area (Å²) in [6.07, 6.45) is 6.67. The molecule has 0 fully saturated rings. The molecular formula is C16H26N2O2. The molecule has 0 heterocycles. The molecule has 0 aliphatic rings. The van der Waals surface area contributed by atoms with E-state index in [2.05, 4.69) is 17.8 Å². The lowest BCUT2D eigenvalue weighted by atomic mass is 10.1. The summed E-state index contributed by atoms with van der Waals surface area (Å²) in [5.74, 6) is 0. The van der Waals surface area contributed by atoms with Gasteiger partial charge in [0.05, 0.1) is 12.3 Å². The number of carbonyl (C=O) groups is 1. The van der Waals surface area contributed by atoms with Crippen molar-refractivity contribution in [2.75, 3.05) is 12.0 Å². The molecular weight excluding hydrogens is 252 g/mol. The summed E-state index contributed by atoms with van der Waals surface area (Å²) < 4.78 is 5.08. The van der Waals surface area contributed by atoms with Crippen LogP contribution in [0, 0.1) is 6.92 Å². The number of hydrogen-bond acceptors (Lipinski definition) is 3. The zero-order valence-corrected chi connectivity index (χ0v) is 12.6. The average molecular weight is 278 g/mol. The van der Waals surface area contributed by atoms with Crippen molar-refractivity contribution >= 4 is 11.8 Å². The van der Waals surface area contributed by atoms with Gasteiger partial charge in [-0.2, -0.15) is 0 Å². The number of anilines is 1. The fourth-order valence-electron chi connectivity index (χ4n) is 1.84. The van der Waals surface area contributed by atoms with Gasteiger partial charge in [0.2, 0.25) is 0 Å². The van der Waals surface area contributed by atoms with Gasteiger partial charge in [0, 0.05) is 0 Å². The molecule has 0 bridgehead atoms. The van der Waals surface area contributed by atoms with E-state index < -0.39 is 6.09 Å². The number of hydrazine groups is 1. The molecule has 0 spiro atoms. The smallest absolute Gasteiger partial charge is 0.425 e. The molecule has 1 amide bonds. The Labute approximate surface area is 121 Å². The Bertz CT molecular complexity index is 377. The average Bonchev–Trinajstić information content (AvgIpc) is 2.46. The maximum absolute atomic E-state index is 11.4. The Hall–Kier alpha value is -1.71. The van der Waals surface area contributed by atoms with Crippen LogP contribution in [-0.2, 0) is 4.74 Å². The number of carbonyl (C=O) groups excluding carboxylic acids is 1. The van der Waals surface area contributed by atoms with Crippen molar-refractivity contribution in [1.29, 1.82) is 0 Å². The van der Waals surface area contributed by atoms with Crippen LogP contribution in [-0.4, -0.2) is 12.7 Å². The zero-order valence-electron chi connectivity index (χ0n) is 12.6. The molecule has 112 valence electrons. The summed E-state index contributed by atoms with van der Waals surface area (Å²) in [6.45, 7) is 4.70. The second-order valence-corrected chi connectivity index (χ2v) is 5.02. The molecule has 4 heteroatoms. The number of hydrogen-bond donors (Lipinski definition) is 2. The quantitative estimate of drug-likeness (QED) is 0.519. The van der Waals surface area contributed by atoms with Gasteiger partial charge in [0.15, 0.2) is 0 Å². The van der Waals surface area contributed by atoms with E-state index in [1.54, 1.807) is 0 Å². The van der Waals surface area contributed by atoms with Crippen molar-refractivity contribution in [3.8, 4) is 0 Å². The molecule has 0 saturated heterocycles. The van der Waals surface area contributed by atoms with Crippen LogP contribution in [0.4, 0.5) is 10.5 Å². The number of benzene rings is 1. The van der Waals surface area contributed by atoms with Gasteiger partial charge < -0.3 is 4.74 Å². The zero-order chi connectivity index (χ0) is 14.6. The first-order chi connectivity index (χ1) is 9.72. The van der Waals surface area contributed by atoms with Gasteiger partial charge in [-0.25, -0.2) is 10.2 Å². The third-order valence-corrected chi connectivity index (χ3v) is 3.09. The van der Waals surface area contributed by atoms with Gasteiger partial charge >= 0.3 is 6.09 Å². The van der Waals surface area contributed by atoms with Crippen molar-refractivity contribution in [3.05, 3.63) is 29.8 Å². The standard InChI is InChI=1S/C16H26N2O2/c1-3-4-5-6-7-8-13-20-16(19)18-17-15-11-9-14(2)10-12-15/h9-12,17H,3-8,13H2,1-2H3,(H,18,19). The van der Waals surface area contributed by atoms with Gasteiger partial charge in [-0.3, -0.25) is 5.43 Å². The molecule has 0 aliphatic carbocycles. The fourth-order valence-corrected chi connectivity index (χ4v) is 1.84. The van der Waals surface area contributed by atoms with Crippen LogP contribution < -0.4 is 10.9 Å². The first-order valence-electron chi connectivity index (χ1n) is 7.48. The van der Waals surface area contributed by atoms with E-state index in [1.807, 2.05) is 31.2 Å². The lowest BCUT2D eigenvalue weighted by Crippen LogP contribution is -2.30. The SMILES string of the molecule is CCCCCCCCOC(=O)NNc1ccc(C)cc1. The molecule has 0 radical (unpaired) electrons. The largest absolute Gasteiger partial charge is 0.448 e. The predicted octanol–water partition coefficient (Wildman–Crippen LogP) is 4.41. The van der Waals surface area contributed by atoms with E-state index in [-0.39, 0.29) is 0 Å². The minimum absolute atomic E-state index is 0.431. The minimum atomic E-state index is -0.431. The summed E-state index contributed by atoms with van der Waals surface area (Å²) in [5, 5.41) is 0. The normalized spacial score (nSPS) is 10.1. The monoisotopic (exact) mass is 278 g/mol. The van der Waals surface area contributed by atoms with Gasteiger partial charge in [-0.05, 0) is 25.5 Å². The minimum Gasteiger partial charge on any atom is -0.448 e. The van der Waals surface area contributed by atoms with Gasteiger partial charge in [0.25, 0.3) is 0 Å². The Morgan fingerprint density at radius 1 is 1.05 bits per heavy atom. The van der Waals surface area contributed by atoms with E-state index in [4.69, 9.17) is 4.74 Å². The molecule has 2 N–H and O–H groups in total. The molecule has 4 nitrogen and oxygen atoms in total. The van der Waals surface area contributed by atoms with E-state index in [9.17, 15) is 4.79 Å². The van der Waals surface area contributed by atoms with Crippen molar-refractivity contribution in [3.63, 3.8) is 0 Å². The summed E-state index contributed by atoms with van der Waals surface area (Å²) in [7, 11) is 0. The first kappa shape index (κ1) is 16.3. The lowest BCUT2D eigenvalue weighted by Gasteiger charge is -2.09. The first-order valence-corrected chi connectivity index (χ1v) is 7.48. The van der Waals surface area contributed by atoms with Crippen LogP contribution >= 0.6 is 0 Å². The van der Waals surface area contributed by atoms with Crippen LogP contribution in [0.5, 0.6) is 0 Å². The van der Waals surface area contributed by atoms with E-state index in [0.29, 0.717) is 6.61 Å². The van der Waals surface area contributed by atoms with Crippen LogP contribution in [0.2, 0.25) is 0 Å². The highest BCUT2D eigenvalue weighted by Crippen LogP contribution is 2.07. The number of ether oxygens (including phenoxy) is 1. The highest BCUT2D eigenvalue weighted by Gasteiger charge is 2.00. The van der Waals surface area contributed by atoms with Crippen molar-refractivity contribution < 1.29 is 9.53 Å². The highest BCUT2D eigenvalue weighted by atomic mass is 16.6. The Morgan fingerprint density at radius 3 is 2.40 bits per heavy atom. The van der Waals surface area contributed by atoms with Crippen LogP contribution in [0.3, 0.4) is 0 Å². The topological polar surface area (TPSA) is 50.4 Å². The van der Waals surface area contributed by atoms with Crippen molar-refractivity contribution in [2.24, 2.45) is 0 Å². The van der Waals surface area contributed by atoms with Crippen LogP contribution in [0.15, 0.2) is 24.3 Å². The third kappa shape index (κ3) is 7.67. The molecule has 0 aromatic heterocycles. The van der Waals surface area contributed by atoms with E-state index in [0.717, 1.165) is 18.5 Å². The van der Waals surface area contributed by atoms with Crippen LogP contribution in [0.25, 0.3) is 0 Å². The summed E-state index contributed by atoms with van der Waals surface area (Å²) in [4.78, 5) is 11.4. The van der Waals surface area contributed by atoms with E-state index in [1.165, 1.54) is 31.2 Å². The van der Waals surface area contributed by atoms with Gasteiger partial charge in [-0.1, -0.05) is 56.7 Å². The number of amides is 1. The number of aryl methyl sites for hydroxylation is 1. The van der Waals surface area contributed by atoms with Crippen molar-refractivity contribution in [1.82, 2.24) is 5.43 Å². The third-order valence-electron chi connectivity index (χ3n) is 3.09.